The van der Waals surface area contributed by atoms with Crippen LogP contribution >= 0.6 is 15.9 Å². The maximum atomic E-state index is 12.9. The van der Waals surface area contributed by atoms with Gasteiger partial charge in [0.1, 0.15) is 17.8 Å². The Hall–Kier alpha value is -2.87. The van der Waals surface area contributed by atoms with Crippen LogP contribution in [0.3, 0.4) is 0 Å². The second kappa shape index (κ2) is 7.87. The fraction of sp³-hybridized carbons (Fsp3) is 0.286. The lowest BCUT2D eigenvalue weighted by molar-refractivity contribution is -0.147. The van der Waals surface area contributed by atoms with Crippen LogP contribution in [-0.2, 0) is 16.0 Å². The molecule has 2 aliphatic heterocycles. The molecular formula is C21H20BrN3O4. The van der Waals surface area contributed by atoms with Crippen LogP contribution in [0.2, 0.25) is 0 Å². The number of hydrogen-bond donors (Lipinski definition) is 3. The van der Waals surface area contributed by atoms with Crippen molar-refractivity contribution in [2.75, 3.05) is 6.54 Å². The molecule has 0 bridgehead atoms. The molecule has 0 saturated carbocycles. The van der Waals surface area contributed by atoms with Gasteiger partial charge in [0.2, 0.25) is 11.8 Å². The number of piperazine rings is 1. The van der Waals surface area contributed by atoms with Crippen molar-refractivity contribution < 1.29 is 19.5 Å². The van der Waals surface area contributed by atoms with Gasteiger partial charge in [0.25, 0.3) is 5.91 Å². The van der Waals surface area contributed by atoms with Crippen molar-refractivity contribution >= 4 is 33.7 Å². The number of nitrogens with zero attached hydrogens (tertiary/aromatic N) is 1. The Kier molecular flexibility index (Phi) is 5.27. The molecule has 2 aromatic rings. The maximum absolute atomic E-state index is 12.9. The van der Waals surface area contributed by atoms with Crippen molar-refractivity contribution in [2.45, 2.75) is 31.0 Å². The van der Waals surface area contributed by atoms with Gasteiger partial charge in [-0.2, -0.15) is 0 Å². The number of aromatic hydroxyl groups is 1. The first-order chi connectivity index (χ1) is 13.9. The molecule has 0 spiro atoms. The molecule has 0 aromatic heterocycles. The molecule has 2 heterocycles. The molecule has 3 N–H and O–H groups in total. The van der Waals surface area contributed by atoms with Crippen molar-refractivity contribution in [1.82, 2.24) is 15.5 Å². The summed E-state index contributed by atoms with van der Waals surface area (Å²) in [5.41, 5.74) is 1.36. The number of rotatable bonds is 4. The van der Waals surface area contributed by atoms with Crippen LogP contribution in [0, 0.1) is 0 Å². The lowest BCUT2D eigenvalue weighted by Gasteiger charge is -2.34. The Morgan fingerprint density at radius 1 is 1.21 bits per heavy atom. The van der Waals surface area contributed by atoms with Crippen molar-refractivity contribution in [2.24, 2.45) is 0 Å². The zero-order chi connectivity index (χ0) is 20.5. The van der Waals surface area contributed by atoms with Crippen molar-refractivity contribution in [3.8, 4) is 5.75 Å². The molecule has 0 radical (unpaired) electrons. The van der Waals surface area contributed by atoms with E-state index in [2.05, 4.69) is 26.6 Å². The summed E-state index contributed by atoms with van der Waals surface area (Å²) < 4.78 is 0.806. The van der Waals surface area contributed by atoms with Gasteiger partial charge in [-0.3, -0.25) is 14.4 Å². The van der Waals surface area contributed by atoms with Gasteiger partial charge in [0, 0.05) is 29.0 Å². The van der Waals surface area contributed by atoms with E-state index in [-0.39, 0.29) is 29.5 Å². The second-order valence-corrected chi connectivity index (χ2v) is 8.27. The van der Waals surface area contributed by atoms with E-state index in [1.165, 1.54) is 0 Å². The highest BCUT2D eigenvalue weighted by molar-refractivity contribution is 9.10. The molecule has 2 aromatic carbocycles. The second-order valence-electron chi connectivity index (χ2n) is 7.35. The number of amides is 3. The van der Waals surface area contributed by atoms with E-state index < -0.39 is 12.1 Å². The van der Waals surface area contributed by atoms with Crippen LogP contribution in [0.5, 0.6) is 5.75 Å². The maximum Gasteiger partial charge on any atom is 0.251 e. The van der Waals surface area contributed by atoms with Crippen molar-refractivity contribution in [3.05, 3.63) is 64.1 Å². The Labute approximate surface area is 176 Å². The standard InChI is InChI=1S/C21H20BrN3O4/c22-14-3-1-2-13(9-14)19(27)23-15-10-18-20(28)24-17(21(29)25(18)11-15)8-12-4-6-16(26)7-5-12/h1-7,9,15,17-18,26H,8,10-11H2,(H,23,27)(H,24,28)/t15-,17-,18-/m0/s1. The van der Waals surface area contributed by atoms with E-state index in [1.807, 2.05) is 6.07 Å². The first-order valence-corrected chi connectivity index (χ1v) is 10.1. The monoisotopic (exact) mass is 457 g/mol. The largest absolute Gasteiger partial charge is 0.508 e. The van der Waals surface area contributed by atoms with Gasteiger partial charge in [0.05, 0.1) is 0 Å². The normalized spacial score (nSPS) is 23.5. The quantitative estimate of drug-likeness (QED) is 0.649. The number of phenols is 1. The Morgan fingerprint density at radius 3 is 2.69 bits per heavy atom. The van der Waals surface area contributed by atoms with Gasteiger partial charge >= 0.3 is 0 Å². The van der Waals surface area contributed by atoms with E-state index in [0.717, 1.165) is 10.0 Å². The smallest absolute Gasteiger partial charge is 0.251 e. The summed E-state index contributed by atoms with van der Waals surface area (Å²) in [6.45, 7) is 0.308. The summed E-state index contributed by atoms with van der Waals surface area (Å²) in [6.07, 6.45) is 0.742. The van der Waals surface area contributed by atoms with Gasteiger partial charge in [-0.1, -0.05) is 34.1 Å². The third-order valence-electron chi connectivity index (χ3n) is 5.30. The Balaban J connectivity index is 1.42. The predicted octanol–water partition coefficient (Wildman–Crippen LogP) is 1.60. The van der Waals surface area contributed by atoms with E-state index in [0.29, 0.717) is 24.9 Å². The Bertz CT molecular complexity index is 963. The van der Waals surface area contributed by atoms with Gasteiger partial charge in [-0.25, -0.2) is 0 Å². The first-order valence-electron chi connectivity index (χ1n) is 9.36. The van der Waals surface area contributed by atoms with Crippen LogP contribution in [0.15, 0.2) is 53.0 Å². The molecule has 3 atom stereocenters. The van der Waals surface area contributed by atoms with Gasteiger partial charge in [-0.15, -0.1) is 0 Å². The van der Waals surface area contributed by atoms with Gasteiger partial charge < -0.3 is 20.6 Å². The molecule has 2 saturated heterocycles. The topological polar surface area (TPSA) is 98.7 Å². The number of carbonyl (C=O) groups excluding carboxylic acids is 3. The Morgan fingerprint density at radius 2 is 1.97 bits per heavy atom. The molecule has 3 amide bonds. The van der Waals surface area contributed by atoms with Gasteiger partial charge in [0.15, 0.2) is 0 Å². The number of halogens is 1. The summed E-state index contributed by atoms with van der Waals surface area (Å²) in [6, 6.07) is 12.1. The molecule has 8 heteroatoms. The van der Waals surface area contributed by atoms with Crippen molar-refractivity contribution in [3.63, 3.8) is 0 Å². The molecule has 150 valence electrons. The number of nitrogens with one attached hydrogen (secondary N) is 2. The predicted molar refractivity (Wildman–Crippen MR) is 109 cm³/mol. The minimum Gasteiger partial charge on any atom is -0.508 e. The van der Waals surface area contributed by atoms with Crippen LogP contribution in [0.4, 0.5) is 0 Å². The molecule has 7 nitrogen and oxygen atoms in total. The highest BCUT2D eigenvalue weighted by Gasteiger charge is 2.46. The number of carbonyl (C=O) groups is 3. The summed E-state index contributed by atoms with van der Waals surface area (Å²) in [4.78, 5) is 39.5. The lowest BCUT2D eigenvalue weighted by Crippen LogP contribution is -2.61. The third kappa shape index (κ3) is 4.12. The van der Waals surface area contributed by atoms with Crippen LogP contribution in [0.1, 0.15) is 22.3 Å². The molecule has 2 fully saturated rings. The van der Waals surface area contributed by atoms with E-state index in [9.17, 15) is 19.5 Å². The van der Waals surface area contributed by atoms with E-state index in [1.54, 1.807) is 47.4 Å². The van der Waals surface area contributed by atoms with E-state index in [4.69, 9.17) is 0 Å². The fourth-order valence-corrected chi connectivity index (χ4v) is 4.27. The summed E-state index contributed by atoms with van der Waals surface area (Å²) in [5, 5.41) is 15.1. The minimum atomic E-state index is -0.650. The number of fused-ring (bicyclic) bond motifs is 1. The minimum absolute atomic E-state index is 0.149. The van der Waals surface area contributed by atoms with Crippen molar-refractivity contribution in [1.29, 1.82) is 0 Å². The SMILES string of the molecule is O=C(N[C@H]1C[C@H]2C(=O)N[C@@H](Cc3ccc(O)cc3)C(=O)N2C1)c1cccc(Br)c1. The molecule has 4 rings (SSSR count). The molecular weight excluding hydrogens is 438 g/mol. The van der Waals surface area contributed by atoms with Gasteiger partial charge in [-0.05, 0) is 42.3 Å². The molecule has 0 aliphatic carbocycles. The first kappa shape index (κ1) is 19.4. The fourth-order valence-electron chi connectivity index (χ4n) is 3.87. The zero-order valence-electron chi connectivity index (χ0n) is 15.5. The number of phenolic OH excluding ortho intramolecular Hbond substituents is 1. The average Bonchev–Trinajstić information content (AvgIpc) is 3.12. The average molecular weight is 458 g/mol. The van der Waals surface area contributed by atoms with E-state index >= 15 is 0 Å². The van der Waals surface area contributed by atoms with Crippen LogP contribution < -0.4 is 10.6 Å². The summed E-state index contributed by atoms with van der Waals surface area (Å²) in [7, 11) is 0. The third-order valence-corrected chi connectivity index (χ3v) is 5.79. The number of benzene rings is 2. The highest BCUT2D eigenvalue weighted by Crippen LogP contribution is 2.25. The van der Waals surface area contributed by atoms with Crippen LogP contribution in [-0.4, -0.2) is 52.4 Å². The van der Waals surface area contributed by atoms with Crippen LogP contribution in [0.25, 0.3) is 0 Å². The number of hydrogen-bond acceptors (Lipinski definition) is 4. The lowest BCUT2D eigenvalue weighted by atomic mass is 10.0. The molecule has 0 unspecified atom stereocenters. The summed E-state index contributed by atoms with van der Waals surface area (Å²) >= 11 is 3.35. The highest BCUT2D eigenvalue weighted by atomic mass is 79.9. The summed E-state index contributed by atoms with van der Waals surface area (Å²) in [5.74, 6) is -0.435. The molecule has 29 heavy (non-hydrogen) atoms. The molecule has 2 aliphatic rings. The zero-order valence-corrected chi connectivity index (χ0v) is 17.1.